The molecule has 0 radical (unpaired) electrons. The summed E-state index contributed by atoms with van der Waals surface area (Å²) in [5.74, 6) is 1.60. The third-order valence-corrected chi connectivity index (χ3v) is 4.56. The normalized spacial score (nSPS) is 15.6. The third kappa shape index (κ3) is 5.26. The van der Waals surface area contributed by atoms with E-state index >= 15 is 0 Å². The molecule has 3 rings (SSSR count). The standard InChI is InChI=1S/C20H24ClNO/c1-22(15-16-6-3-2-4-7-16)13-12-20(17-10-11-17)23-19-9-5-8-18(21)14-19/h2-9,14,17,20H,10-13,15H2,1H3. The van der Waals surface area contributed by atoms with Crippen molar-refractivity contribution in [2.75, 3.05) is 13.6 Å². The van der Waals surface area contributed by atoms with Gasteiger partial charge in [-0.3, -0.25) is 0 Å². The summed E-state index contributed by atoms with van der Waals surface area (Å²) in [6, 6.07) is 18.3. The number of nitrogens with zero attached hydrogens (tertiary/aromatic N) is 1. The highest BCUT2D eigenvalue weighted by atomic mass is 35.5. The van der Waals surface area contributed by atoms with Crippen molar-refractivity contribution in [3.05, 3.63) is 65.2 Å². The second-order valence-corrected chi connectivity index (χ2v) is 6.90. The van der Waals surface area contributed by atoms with Gasteiger partial charge in [0.1, 0.15) is 11.9 Å². The van der Waals surface area contributed by atoms with Crippen LogP contribution < -0.4 is 4.74 Å². The van der Waals surface area contributed by atoms with Gasteiger partial charge in [-0.1, -0.05) is 48.0 Å². The molecule has 0 aliphatic heterocycles. The van der Waals surface area contributed by atoms with Crippen molar-refractivity contribution in [2.45, 2.75) is 31.9 Å². The maximum atomic E-state index is 6.21. The van der Waals surface area contributed by atoms with Gasteiger partial charge in [-0.25, -0.2) is 0 Å². The zero-order chi connectivity index (χ0) is 16.1. The molecule has 1 saturated carbocycles. The number of hydrogen-bond donors (Lipinski definition) is 0. The maximum absolute atomic E-state index is 6.21. The smallest absolute Gasteiger partial charge is 0.121 e. The summed E-state index contributed by atoms with van der Waals surface area (Å²) >= 11 is 6.05. The summed E-state index contributed by atoms with van der Waals surface area (Å²) in [4.78, 5) is 2.37. The highest BCUT2D eigenvalue weighted by Gasteiger charge is 2.32. The molecule has 2 nitrogen and oxygen atoms in total. The van der Waals surface area contributed by atoms with E-state index in [0.717, 1.165) is 30.3 Å². The van der Waals surface area contributed by atoms with Crippen LogP contribution in [0.2, 0.25) is 5.02 Å². The second-order valence-electron chi connectivity index (χ2n) is 6.46. The van der Waals surface area contributed by atoms with Crippen molar-refractivity contribution in [2.24, 2.45) is 5.92 Å². The average Bonchev–Trinajstić information content (AvgIpc) is 3.37. The van der Waals surface area contributed by atoms with Gasteiger partial charge < -0.3 is 9.64 Å². The minimum atomic E-state index is 0.298. The lowest BCUT2D eigenvalue weighted by molar-refractivity contribution is 0.149. The van der Waals surface area contributed by atoms with E-state index in [1.807, 2.05) is 24.3 Å². The lowest BCUT2D eigenvalue weighted by atomic mass is 10.1. The predicted molar refractivity (Wildman–Crippen MR) is 96.0 cm³/mol. The van der Waals surface area contributed by atoms with Crippen LogP contribution in [0.1, 0.15) is 24.8 Å². The molecule has 3 heteroatoms. The second kappa shape index (κ2) is 7.85. The fraction of sp³-hybridized carbons (Fsp3) is 0.400. The highest BCUT2D eigenvalue weighted by molar-refractivity contribution is 6.30. The molecular weight excluding hydrogens is 306 g/mol. The fourth-order valence-corrected chi connectivity index (χ4v) is 3.08. The molecule has 2 aromatic carbocycles. The van der Waals surface area contributed by atoms with E-state index in [4.69, 9.17) is 16.3 Å². The molecule has 1 unspecified atom stereocenters. The van der Waals surface area contributed by atoms with Gasteiger partial charge in [-0.2, -0.15) is 0 Å². The van der Waals surface area contributed by atoms with E-state index in [-0.39, 0.29) is 0 Å². The topological polar surface area (TPSA) is 12.5 Å². The van der Waals surface area contributed by atoms with Crippen LogP contribution in [0.15, 0.2) is 54.6 Å². The molecule has 0 spiro atoms. The molecule has 0 saturated heterocycles. The van der Waals surface area contributed by atoms with Gasteiger partial charge in [0.05, 0.1) is 0 Å². The Bertz CT molecular complexity index is 612. The number of hydrogen-bond acceptors (Lipinski definition) is 2. The largest absolute Gasteiger partial charge is 0.490 e. The molecule has 1 fully saturated rings. The van der Waals surface area contributed by atoms with Crippen LogP contribution in [0.25, 0.3) is 0 Å². The summed E-state index contributed by atoms with van der Waals surface area (Å²) < 4.78 is 6.21. The lowest BCUT2D eigenvalue weighted by Crippen LogP contribution is -2.27. The molecule has 0 heterocycles. The van der Waals surface area contributed by atoms with E-state index in [0.29, 0.717) is 12.0 Å². The van der Waals surface area contributed by atoms with Crippen molar-refractivity contribution < 1.29 is 4.74 Å². The molecule has 0 aromatic heterocycles. The zero-order valence-corrected chi connectivity index (χ0v) is 14.4. The Morgan fingerprint density at radius 2 is 1.91 bits per heavy atom. The highest BCUT2D eigenvalue weighted by Crippen LogP contribution is 2.36. The van der Waals surface area contributed by atoms with Gasteiger partial charge in [-0.05, 0) is 56.0 Å². The Hall–Kier alpha value is -1.51. The minimum Gasteiger partial charge on any atom is -0.490 e. The summed E-state index contributed by atoms with van der Waals surface area (Å²) in [6.07, 6.45) is 3.92. The van der Waals surface area contributed by atoms with Gasteiger partial charge in [-0.15, -0.1) is 0 Å². The van der Waals surface area contributed by atoms with Crippen LogP contribution in [-0.2, 0) is 6.54 Å². The number of rotatable bonds is 8. The first-order chi connectivity index (χ1) is 11.2. The van der Waals surface area contributed by atoms with E-state index in [1.165, 1.54) is 18.4 Å². The number of ether oxygens (including phenoxy) is 1. The first-order valence-electron chi connectivity index (χ1n) is 8.35. The lowest BCUT2D eigenvalue weighted by Gasteiger charge is -2.23. The van der Waals surface area contributed by atoms with Crippen molar-refractivity contribution in [1.29, 1.82) is 0 Å². The van der Waals surface area contributed by atoms with Gasteiger partial charge in [0.2, 0.25) is 0 Å². The molecule has 122 valence electrons. The van der Waals surface area contributed by atoms with E-state index in [1.54, 1.807) is 0 Å². The van der Waals surface area contributed by atoms with E-state index in [9.17, 15) is 0 Å². The zero-order valence-electron chi connectivity index (χ0n) is 13.6. The maximum Gasteiger partial charge on any atom is 0.121 e. The van der Waals surface area contributed by atoms with Crippen molar-refractivity contribution in [3.63, 3.8) is 0 Å². The summed E-state index contributed by atoms with van der Waals surface area (Å²) in [7, 11) is 2.18. The van der Waals surface area contributed by atoms with Crippen molar-refractivity contribution >= 4 is 11.6 Å². The van der Waals surface area contributed by atoms with Crippen LogP contribution in [-0.4, -0.2) is 24.6 Å². The Morgan fingerprint density at radius 3 is 2.61 bits per heavy atom. The SMILES string of the molecule is CN(CCC(Oc1cccc(Cl)c1)C1CC1)Cc1ccccc1. The Kier molecular flexibility index (Phi) is 5.58. The molecule has 0 N–H and O–H groups in total. The molecule has 1 aliphatic carbocycles. The van der Waals surface area contributed by atoms with Crippen molar-refractivity contribution in [1.82, 2.24) is 4.90 Å². The molecule has 0 amide bonds. The molecule has 0 bridgehead atoms. The quantitative estimate of drug-likeness (QED) is 0.674. The average molecular weight is 330 g/mol. The summed E-state index contributed by atoms with van der Waals surface area (Å²) in [6.45, 7) is 2.02. The fourth-order valence-electron chi connectivity index (χ4n) is 2.90. The molecule has 1 aliphatic rings. The van der Waals surface area contributed by atoms with Crippen LogP contribution in [0.5, 0.6) is 5.75 Å². The third-order valence-electron chi connectivity index (χ3n) is 4.32. The van der Waals surface area contributed by atoms with Gasteiger partial charge in [0.25, 0.3) is 0 Å². The minimum absolute atomic E-state index is 0.298. The molecule has 23 heavy (non-hydrogen) atoms. The van der Waals surface area contributed by atoms with E-state index < -0.39 is 0 Å². The Labute approximate surface area is 144 Å². The van der Waals surface area contributed by atoms with Crippen LogP contribution in [0.3, 0.4) is 0 Å². The Balaban J connectivity index is 1.51. The number of benzene rings is 2. The van der Waals surface area contributed by atoms with E-state index in [2.05, 4.69) is 42.3 Å². The van der Waals surface area contributed by atoms with Crippen molar-refractivity contribution in [3.8, 4) is 5.75 Å². The van der Waals surface area contributed by atoms with Gasteiger partial charge in [0.15, 0.2) is 0 Å². The Morgan fingerprint density at radius 1 is 1.13 bits per heavy atom. The van der Waals surface area contributed by atoms with Crippen LogP contribution >= 0.6 is 11.6 Å². The van der Waals surface area contributed by atoms with Crippen LogP contribution in [0.4, 0.5) is 0 Å². The first-order valence-corrected chi connectivity index (χ1v) is 8.73. The van der Waals surface area contributed by atoms with Gasteiger partial charge in [0, 0.05) is 18.1 Å². The molecule has 1 atom stereocenters. The molecule has 2 aromatic rings. The first kappa shape index (κ1) is 16.4. The summed E-state index contributed by atoms with van der Waals surface area (Å²) in [5, 5.41) is 0.734. The monoisotopic (exact) mass is 329 g/mol. The molecular formula is C20H24ClNO. The van der Waals surface area contributed by atoms with Crippen LogP contribution in [0, 0.1) is 5.92 Å². The number of halogens is 1. The predicted octanol–water partition coefficient (Wildman–Crippen LogP) is 5.02. The summed E-state index contributed by atoms with van der Waals surface area (Å²) in [5.41, 5.74) is 1.36. The van der Waals surface area contributed by atoms with Gasteiger partial charge >= 0.3 is 0 Å².